The van der Waals surface area contributed by atoms with Crippen LogP contribution in [-0.2, 0) is 27.5 Å². The normalized spacial score (nSPS) is 15.0. The molecule has 32 heavy (non-hydrogen) atoms. The van der Waals surface area contributed by atoms with Crippen molar-refractivity contribution >= 4 is 17.5 Å². The third-order valence-corrected chi connectivity index (χ3v) is 5.03. The average Bonchev–Trinajstić information content (AvgIpc) is 3.50. The first-order valence-corrected chi connectivity index (χ1v) is 10.2. The second-order valence-electron chi connectivity index (χ2n) is 7.35. The van der Waals surface area contributed by atoms with Gasteiger partial charge in [-0.25, -0.2) is 4.39 Å². The molecule has 1 N–H and O–H groups in total. The predicted molar refractivity (Wildman–Crippen MR) is 115 cm³/mol. The number of amides is 2. The summed E-state index contributed by atoms with van der Waals surface area (Å²) in [7, 11) is 0. The Morgan fingerprint density at radius 1 is 1.06 bits per heavy atom. The molecule has 7 nitrogen and oxygen atoms in total. The summed E-state index contributed by atoms with van der Waals surface area (Å²) >= 11 is 0. The van der Waals surface area contributed by atoms with Gasteiger partial charge in [0.25, 0.3) is 5.91 Å². The average molecular weight is 435 g/mol. The van der Waals surface area contributed by atoms with Gasteiger partial charge in [0.15, 0.2) is 0 Å². The van der Waals surface area contributed by atoms with Gasteiger partial charge in [-0.05, 0) is 23.8 Å². The minimum Gasteiger partial charge on any atom is -0.467 e. The molecule has 3 aromatic rings. The number of furan rings is 1. The van der Waals surface area contributed by atoms with Crippen LogP contribution in [0.5, 0.6) is 0 Å². The molecule has 1 aromatic heterocycles. The Bertz CT molecular complexity index is 1100. The van der Waals surface area contributed by atoms with E-state index in [2.05, 4.69) is 10.5 Å². The molecule has 8 heteroatoms. The first-order chi connectivity index (χ1) is 15.6. The van der Waals surface area contributed by atoms with Gasteiger partial charge in [0, 0.05) is 18.5 Å². The van der Waals surface area contributed by atoms with Crippen LogP contribution >= 0.6 is 0 Å². The fourth-order valence-corrected chi connectivity index (χ4v) is 3.41. The van der Waals surface area contributed by atoms with Crippen molar-refractivity contribution in [3.05, 3.63) is 95.7 Å². The standard InChI is InChI=1S/C24H22FN3O4/c25-20-11-5-4-10-19(20)21-13-22(32-27-21)24(30)28(15-17-7-2-1-3-8-17)16-23(29)26-14-18-9-6-12-31-18/h1-12,22H,13-16H2,(H,26,29)/t22-/m1/s1. The predicted octanol–water partition coefficient (Wildman–Crippen LogP) is 3.26. The first-order valence-electron chi connectivity index (χ1n) is 10.2. The van der Waals surface area contributed by atoms with Gasteiger partial charge in [-0.15, -0.1) is 0 Å². The van der Waals surface area contributed by atoms with Gasteiger partial charge in [-0.2, -0.15) is 0 Å². The Labute approximate surface area is 184 Å². The Kier molecular flexibility index (Phi) is 6.60. The molecular formula is C24H22FN3O4. The van der Waals surface area contributed by atoms with Crippen molar-refractivity contribution in [1.82, 2.24) is 10.2 Å². The van der Waals surface area contributed by atoms with Gasteiger partial charge in [0.1, 0.15) is 18.1 Å². The molecule has 164 valence electrons. The first kappa shape index (κ1) is 21.3. The highest BCUT2D eigenvalue weighted by atomic mass is 19.1. The van der Waals surface area contributed by atoms with Gasteiger partial charge in [0.2, 0.25) is 12.0 Å². The van der Waals surface area contributed by atoms with Crippen LogP contribution in [0.25, 0.3) is 0 Å². The lowest BCUT2D eigenvalue weighted by Gasteiger charge is -2.24. The van der Waals surface area contributed by atoms with Crippen molar-refractivity contribution < 1.29 is 23.2 Å². The topological polar surface area (TPSA) is 84.1 Å². The molecule has 0 aliphatic carbocycles. The maximum absolute atomic E-state index is 14.1. The van der Waals surface area contributed by atoms with Crippen LogP contribution in [0.15, 0.2) is 82.6 Å². The number of nitrogens with zero attached hydrogens (tertiary/aromatic N) is 2. The molecule has 1 aliphatic heterocycles. The lowest BCUT2D eigenvalue weighted by molar-refractivity contribution is -0.145. The largest absolute Gasteiger partial charge is 0.467 e. The van der Waals surface area contributed by atoms with E-state index in [1.807, 2.05) is 30.3 Å². The zero-order valence-electron chi connectivity index (χ0n) is 17.2. The summed E-state index contributed by atoms with van der Waals surface area (Å²) in [5.74, 6) is -0.543. The maximum Gasteiger partial charge on any atom is 0.267 e. The maximum atomic E-state index is 14.1. The highest BCUT2D eigenvalue weighted by Gasteiger charge is 2.34. The monoisotopic (exact) mass is 435 g/mol. The number of benzene rings is 2. The van der Waals surface area contributed by atoms with Gasteiger partial charge in [0.05, 0.1) is 18.5 Å². The second-order valence-corrected chi connectivity index (χ2v) is 7.35. The van der Waals surface area contributed by atoms with E-state index in [-0.39, 0.29) is 32.0 Å². The van der Waals surface area contributed by atoms with Crippen molar-refractivity contribution in [3.63, 3.8) is 0 Å². The van der Waals surface area contributed by atoms with Crippen LogP contribution in [0.2, 0.25) is 0 Å². The zero-order valence-corrected chi connectivity index (χ0v) is 17.2. The van der Waals surface area contributed by atoms with E-state index < -0.39 is 17.8 Å². The summed E-state index contributed by atoms with van der Waals surface area (Å²) in [6.07, 6.45) is 0.724. The summed E-state index contributed by atoms with van der Waals surface area (Å²) < 4.78 is 19.3. The SMILES string of the molecule is O=C(CN(Cc1ccccc1)C(=O)[C@H]1CC(c2ccccc2F)=NO1)NCc1ccco1. The fourth-order valence-electron chi connectivity index (χ4n) is 3.41. The molecule has 1 atom stereocenters. The molecule has 0 spiro atoms. The van der Waals surface area contributed by atoms with Crippen LogP contribution in [0.1, 0.15) is 23.3 Å². The van der Waals surface area contributed by atoms with E-state index in [1.165, 1.54) is 17.2 Å². The smallest absolute Gasteiger partial charge is 0.267 e. The van der Waals surface area contributed by atoms with E-state index in [0.29, 0.717) is 17.0 Å². The van der Waals surface area contributed by atoms with Crippen molar-refractivity contribution in [2.24, 2.45) is 5.16 Å². The van der Waals surface area contributed by atoms with E-state index >= 15 is 0 Å². The van der Waals surface area contributed by atoms with Gasteiger partial charge in [-0.3, -0.25) is 9.59 Å². The van der Waals surface area contributed by atoms with Crippen LogP contribution in [0, 0.1) is 5.82 Å². The third kappa shape index (κ3) is 5.21. The van der Waals surface area contributed by atoms with Gasteiger partial charge < -0.3 is 19.5 Å². The minimum absolute atomic E-state index is 0.124. The van der Waals surface area contributed by atoms with Crippen LogP contribution in [-0.4, -0.2) is 35.1 Å². The molecule has 1 aliphatic rings. The second kappa shape index (κ2) is 9.91. The van der Waals surface area contributed by atoms with Crippen LogP contribution in [0.4, 0.5) is 4.39 Å². The van der Waals surface area contributed by atoms with E-state index in [9.17, 15) is 14.0 Å². The minimum atomic E-state index is -0.925. The highest BCUT2D eigenvalue weighted by molar-refractivity contribution is 6.04. The Morgan fingerprint density at radius 3 is 2.59 bits per heavy atom. The molecule has 2 aromatic carbocycles. The molecule has 0 fully saturated rings. The Hall–Kier alpha value is -3.94. The number of hydrogen-bond acceptors (Lipinski definition) is 5. The number of halogens is 1. The summed E-state index contributed by atoms with van der Waals surface area (Å²) in [5.41, 5.74) is 1.53. The Balaban J connectivity index is 1.43. The molecule has 4 rings (SSSR count). The fraction of sp³-hybridized carbons (Fsp3) is 0.208. The lowest BCUT2D eigenvalue weighted by Crippen LogP contribution is -2.44. The number of nitrogens with one attached hydrogen (secondary N) is 1. The molecular weight excluding hydrogens is 413 g/mol. The van der Waals surface area contributed by atoms with Crippen LogP contribution < -0.4 is 5.32 Å². The molecule has 2 amide bonds. The molecule has 0 saturated carbocycles. The quantitative estimate of drug-likeness (QED) is 0.589. The number of oxime groups is 1. The summed E-state index contributed by atoms with van der Waals surface area (Å²) in [5, 5.41) is 6.67. The zero-order chi connectivity index (χ0) is 22.3. The highest BCUT2D eigenvalue weighted by Crippen LogP contribution is 2.21. The molecule has 0 radical (unpaired) electrons. The summed E-state index contributed by atoms with van der Waals surface area (Å²) in [4.78, 5) is 32.5. The number of carbonyl (C=O) groups is 2. The van der Waals surface area contributed by atoms with Crippen molar-refractivity contribution in [3.8, 4) is 0 Å². The molecule has 0 bridgehead atoms. The third-order valence-electron chi connectivity index (χ3n) is 5.03. The van der Waals surface area contributed by atoms with E-state index in [0.717, 1.165) is 5.56 Å². The number of hydrogen-bond donors (Lipinski definition) is 1. The van der Waals surface area contributed by atoms with Crippen molar-refractivity contribution in [2.45, 2.75) is 25.6 Å². The lowest BCUT2D eigenvalue weighted by atomic mass is 10.0. The van der Waals surface area contributed by atoms with E-state index in [4.69, 9.17) is 9.25 Å². The van der Waals surface area contributed by atoms with Gasteiger partial charge >= 0.3 is 0 Å². The van der Waals surface area contributed by atoms with Crippen molar-refractivity contribution in [1.29, 1.82) is 0 Å². The number of carbonyl (C=O) groups excluding carboxylic acids is 2. The Morgan fingerprint density at radius 2 is 1.84 bits per heavy atom. The molecule has 0 saturated heterocycles. The van der Waals surface area contributed by atoms with Crippen LogP contribution in [0.3, 0.4) is 0 Å². The van der Waals surface area contributed by atoms with Crippen molar-refractivity contribution in [2.75, 3.05) is 6.54 Å². The molecule has 0 unspecified atom stereocenters. The number of rotatable bonds is 8. The van der Waals surface area contributed by atoms with Gasteiger partial charge in [-0.1, -0.05) is 53.7 Å². The summed E-state index contributed by atoms with van der Waals surface area (Å²) in [6, 6.07) is 19.0. The summed E-state index contributed by atoms with van der Waals surface area (Å²) in [6.45, 7) is 0.283. The molecule has 2 heterocycles. The van der Waals surface area contributed by atoms with E-state index in [1.54, 1.807) is 30.3 Å².